The molecule has 1 aromatic carbocycles. The van der Waals surface area contributed by atoms with E-state index in [-0.39, 0.29) is 0 Å². The number of ether oxygens (including phenoxy) is 1. The summed E-state index contributed by atoms with van der Waals surface area (Å²) < 4.78 is 6.96. The maximum atomic E-state index is 5.19. The maximum absolute atomic E-state index is 5.19. The van der Waals surface area contributed by atoms with Gasteiger partial charge in [0.1, 0.15) is 5.75 Å². The van der Waals surface area contributed by atoms with E-state index in [9.17, 15) is 0 Å². The minimum atomic E-state index is 0.747. The monoisotopic (exact) mass is 253 g/mol. The first-order chi connectivity index (χ1) is 9.26. The van der Waals surface area contributed by atoms with Gasteiger partial charge in [0.25, 0.3) is 0 Å². The van der Waals surface area contributed by atoms with E-state index in [0.29, 0.717) is 0 Å². The van der Waals surface area contributed by atoms with Gasteiger partial charge >= 0.3 is 0 Å². The summed E-state index contributed by atoms with van der Waals surface area (Å²) in [5.41, 5.74) is 3.33. The number of pyridine rings is 1. The Morgan fingerprint density at radius 2 is 2.05 bits per heavy atom. The fourth-order valence-electron chi connectivity index (χ4n) is 2.09. The van der Waals surface area contributed by atoms with Gasteiger partial charge in [0, 0.05) is 18.7 Å². The van der Waals surface area contributed by atoms with Crippen LogP contribution in [0.25, 0.3) is 5.65 Å². The largest absolute Gasteiger partial charge is 0.497 e. The fraction of sp³-hybridized carbons (Fsp3) is 0.200. The number of hydrogen-bond acceptors (Lipinski definition) is 3. The lowest BCUT2D eigenvalue weighted by Crippen LogP contribution is -1.94. The van der Waals surface area contributed by atoms with Gasteiger partial charge in [0.2, 0.25) is 0 Å². The maximum Gasteiger partial charge on any atom is 0.159 e. The molecule has 4 nitrogen and oxygen atoms in total. The van der Waals surface area contributed by atoms with E-state index in [1.807, 2.05) is 30.5 Å². The Hall–Kier alpha value is -2.36. The van der Waals surface area contributed by atoms with Gasteiger partial charge in [-0.2, -0.15) is 5.10 Å². The Bertz CT molecular complexity index is 718. The Morgan fingerprint density at radius 3 is 2.84 bits per heavy atom. The van der Waals surface area contributed by atoms with Gasteiger partial charge in [0.15, 0.2) is 11.5 Å². The molecule has 0 N–H and O–H groups in total. The molecule has 0 saturated heterocycles. The first-order valence-corrected chi connectivity index (χ1v) is 6.20. The fourth-order valence-corrected chi connectivity index (χ4v) is 2.09. The molecule has 0 amide bonds. The van der Waals surface area contributed by atoms with E-state index in [1.165, 1.54) is 11.1 Å². The number of nitrogens with zero attached hydrogens (tertiary/aromatic N) is 3. The molecular formula is C15H15N3O. The number of rotatable bonds is 3. The highest BCUT2D eigenvalue weighted by molar-refractivity contribution is 5.44. The average Bonchev–Trinajstić information content (AvgIpc) is 2.82. The lowest BCUT2D eigenvalue weighted by Gasteiger charge is -2.01. The van der Waals surface area contributed by atoms with Gasteiger partial charge in [-0.1, -0.05) is 24.3 Å². The number of fused-ring (bicyclic) bond motifs is 1. The van der Waals surface area contributed by atoms with E-state index in [0.717, 1.165) is 23.6 Å². The number of aromatic nitrogens is 3. The number of hydrogen-bond donors (Lipinski definition) is 0. The standard InChI is InChI=1S/C15H15N3O/c1-11-5-3-4-6-12(11)9-14-16-15-10-13(19-2)7-8-18(15)17-14/h3-8,10H,9H2,1-2H3. The summed E-state index contributed by atoms with van der Waals surface area (Å²) in [6.45, 7) is 2.11. The van der Waals surface area contributed by atoms with Gasteiger partial charge in [0.05, 0.1) is 7.11 Å². The molecule has 4 heteroatoms. The number of aryl methyl sites for hydroxylation is 1. The molecular weight excluding hydrogens is 238 g/mol. The van der Waals surface area contributed by atoms with Crippen molar-refractivity contribution in [1.29, 1.82) is 0 Å². The normalized spacial score (nSPS) is 10.8. The minimum absolute atomic E-state index is 0.747. The molecule has 0 bridgehead atoms. The van der Waals surface area contributed by atoms with Crippen molar-refractivity contribution < 1.29 is 4.74 Å². The predicted octanol–water partition coefficient (Wildman–Crippen LogP) is 2.64. The molecule has 96 valence electrons. The van der Waals surface area contributed by atoms with Gasteiger partial charge < -0.3 is 4.74 Å². The van der Waals surface area contributed by atoms with Crippen LogP contribution < -0.4 is 4.74 Å². The van der Waals surface area contributed by atoms with Crippen LogP contribution in [-0.2, 0) is 6.42 Å². The Labute approximate surface area is 111 Å². The molecule has 0 atom stereocenters. The van der Waals surface area contributed by atoms with Crippen LogP contribution in [0.5, 0.6) is 5.75 Å². The van der Waals surface area contributed by atoms with Gasteiger partial charge in [-0.15, -0.1) is 0 Å². The zero-order valence-electron chi connectivity index (χ0n) is 11.0. The third kappa shape index (κ3) is 2.29. The summed E-state index contributed by atoms with van der Waals surface area (Å²) >= 11 is 0. The van der Waals surface area contributed by atoms with Crippen molar-refractivity contribution in [2.24, 2.45) is 0 Å². The molecule has 0 saturated carbocycles. The van der Waals surface area contributed by atoms with Gasteiger partial charge in [-0.3, -0.25) is 0 Å². The average molecular weight is 253 g/mol. The van der Waals surface area contributed by atoms with Gasteiger partial charge in [-0.25, -0.2) is 9.50 Å². The van der Waals surface area contributed by atoms with E-state index in [2.05, 4.69) is 29.1 Å². The van der Waals surface area contributed by atoms with Crippen molar-refractivity contribution in [2.45, 2.75) is 13.3 Å². The summed E-state index contributed by atoms with van der Waals surface area (Å²) in [5.74, 6) is 1.62. The summed E-state index contributed by atoms with van der Waals surface area (Å²) in [6.07, 6.45) is 2.61. The van der Waals surface area contributed by atoms with Crippen molar-refractivity contribution in [3.8, 4) is 5.75 Å². The Morgan fingerprint density at radius 1 is 1.21 bits per heavy atom. The van der Waals surface area contributed by atoms with Gasteiger partial charge in [-0.05, 0) is 24.1 Å². The molecule has 3 aromatic rings. The van der Waals surface area contributed by atoms with Crippen LogP contribution in [0.2, 0.25) is 0 Å². The lowest BCUT2D eigenvalue weighted by molar-refractivity contribution is 0.414. The van der Waals surface area contributed by atoms with Crippen molar-refractivity contribution >= 4 is 5.65 Å². The van der Waals surface area contributed by atoms with Crippen molar-refractivity contribution in [3.63, 3.8) is 0 Å². The van der Waals surface area contributed by atoms with E-state index in [1.54, 1.807) is 11.6 Å². The Kier molecular flexibility index (Phi) is 2.91. The van der Waals surface area contributed by atoms with Crippen LogP contribution in [0.1, 0.15) is 17.0 Å². The summed E-state index contributed by atoms with van der Waals surface area (Å²) in [5, 5.41) is 4.47. The predicted molar refractivity (Wildman–Crippen MR) is 73.5 cm³/mol. The SMILES string of the molecule is COc1ccn2nc(Cc3ccccc3C)nc2c1. The molecule has 3 rings (SSSR count). The van der Waals surface area contributed by atoms with Crippen LogP contribution in [0.3, 0.4) is 0 Å². The third-order valence-corrected chi connectivity index (χ3v) is 3.20. The minimum Gasteiger partial charge on any atom is -0.497 e. The highest BCUT2D eigenvalue weighted by atomic mass is 16.5. The number of benzene rings is 1. The Balaban J connectivity index is 1.95. The smallest absolute Gasteiger partial charge is 0.159 e. The van der Waals surface area contributed by atoms with Crippen LogP contribution in [-0.4, -0.2) is 21.7 Å². The molecule has 0 aliphatic carbocycles. The highest BCUT2D eigenvalue weighted by Gasteiger charge is 2.07. The molecule has 0 aliphatic heterocycles. The second-order valence-corrected chi connectivity index (χ2v) is 4.50. The molecule has 2 heterocycles. The molecule has 0 radical (unpaired) electrons. The molecule has 0 spiro atoms. The zero-order chi connectivity index (χ0) is 13.2. The lowest BCUT2D eigenvalue weighted by atomic mass is 10.1. The third-order valence-electron chi connectivity index (χ3n) is 3.20. The first kappa shape index (κ1) is 11.7. The van der Waals surface area contributed by atoms with Crippen molar-refractivity contribution in [3.05, 3.63) is 59.5 Å². The quantitative estimate of drug-likeness (QED) is 0.720. The van der Waals surface area contributed by atoms with E-state index < -0.39 is 0 Å². The van der Waals surface area contributed by atoms with Crippen molar-refractivity contribution in [1.82, 2.24) is 14.6 Å². The molecule has 0 fully saturated rings. The second kappa shape index (κ2) is 4.72. The summed E-state index contributed by atoms with van der Waals surface area (Å²) in [7, 11) is 1.65. The molecule has 0 unspecified atom stereocenters. The first-order valence-electron chi connectivity index (χ1n) is 6.20. The van der Waals surface area contributed by atoms with Crippen LogP contribution >= 0.6 is 0 Å². The number of methoxy groups -OCH3 is 1. The van der Waals surface area contributed by atoms with Crippen LogP contribution in [0.15, 0.2) is 42.6 Å². The zero-order valence-corrected chi connectivity index (χ0v) is 11.0. The van der Waals surface area contributed by atoms with Crippen LogP contribution in [0.4, 0.5) is 0 Å². The molecule has 0 aliphatic rings. The summed E-state index contributed by atoms with van der Waals surface area (Å²) in [6, 6.07) is 12.1. The van der Waals surface area contributed by atoms with Crippen LogP contribution in [0, 0.1) is 6.92 Å². The molecule has 2 aromatic heterocycles. The van der Waals surface area contributed by atoms with Crippen molar-refractivity contribution in [2.75, 3.05) is 7.11 Å². The summed E-state index contributed by atoms with van der Waals surface area (Å²) in [4.78, 5) is 4.53. The topological polar surface area (TPSA) is 39.4 Å². The molecule has 19 heavy (non-hydrogen) atoms. The van der Waals surface area contributed by atoms with E-state index >= 15 is 0 Å². The van der Waals surface area contributed by atoms with E-state index in [4.69, 9.17) is 4.74 Å². The highest BCUT2D eigenvalue weighted by Crippen LogP contribution is 2.15. The second-order valence-electron chi connectivity index (χ2n) is 4.50.